The molecule has 1 aromatic carbocycles. The van der Waals surface area contributed by atoms with Gasteiger partial charge in [0.25, 0.3) is 0 Å². The van der Waals surface area contributed by atoms with Crippen LogP contribution < -0.4 is 4.74 Å². The number of aliphatic carboxylic acids is 1. The van der Waals surface area contributed by atoms with Gasteiger partial charge in [0.15, 0.2) is 0 Å². The van der Waals surface area contributed by atoms with Gasteiger partial charge in [-0.2, -0.15) is 0 Å². The lowest BCUT2D eigenvalue weighted by atomic mass is 9.87. The number of carboxylic acid groups (broad SMARTS) is 1. The zero-order chi connectivity index (χ0) is 13.8. The molecule has 4 nitrogen and oxygen atoms in total. The van der Waals surface area contributed by atoms with Crippen LogP contribution in [0, 0.1) is 0 Å². The normalized spacial score (nSPS) is 13.1. The van der Waals surface area contributed by atoms with Gasteiger partial charge in [0.1, 0.15) is 5.75 Å². The van der Waals surface area contributed by atoms with Crippen LogP contribution in [-0.2, 0) is 14.9 Å². The Labute approximate surface area is 108 Å². The Hall–Kier alpha value is -1.55. The number of rotatable bonds is 5. The molecule has 18 heavy (non-hydrogen) atoms. The molecule has 0 spiro atoms. The van der Waals surface area contributed by atoms with Crippen LogP contribution in [0.2, 0.25) is 0 Å². The summed E-state index contributed by atoms with van der Waals surface area (Å²) in [5.74, 6) is -0.496. The van der Waals surface area contributed by atoms with Crippen LogP contribution in [0.1, 0.15) is 26.3 Å². The number of benzene rings is 1. The van der Waals surface area contributed by atoms with Crippen LogP contribution in [-0.4, -0.2) is 30.9 Å². The highest BCUT2D eigenvalue weighted by Gasteiger charge is 2.19. The molecule has 1 unspecified atom stereocenters. The molecule has 1 N–H and O–H groups in total. The molecule has 0 saturated carbocycles. The van der Waals surface area contributed by atoms with E-state index in [9.17, 15) is 4.79 Å². The van der Waals surface area contributed by atoms with Crippen molar-refractivity contribution in [3.63, 3.8) is 0 Å². The second kappa shape index (κ2) is 5.87. The summed E-state index contributed by atoms with van der Waals surface area (Å²) in [6, 6.07) is 7.46. The van der Waals surface area contributed by atoms with Crippen molar-refractivity contribution in [1.29, 1.82) is 0 Å². The van der Waals surface area contributed by atoms with E-state index >= 15 is 0 Å². The summed E-state index contributed by atoms with van der Waals surface area (Å²) in [5, 5.41) is 8.94. The molecule has 0 heterocycles. The van der Waals surface area contributed by atoms with Crippen molar-refractivity contribution < 1.29 is 19.4 Å². The first kappa shape index (κ1) is 14.5. The van der Waals surface area contributed by atoms with E-state index in [-0.39, 0.29) is 12.0 Å². The molecule has 0 aliphatic carbocycles. The van der Waals surface area contributed by atoms with Crippen LogP contribution in [0.4, 0.5) is 0 Å². The molecule has 0 aliphatic heterocycles. The molecular formula is C14H20O4. The molecular weight excluding hydrogens is 232 g/mol. The fourth-order valence-corrected chi connectivity index (χ4v) is 1.50. The molecule has 1 rings (SSSR count). The number of hydrogen-bond acceptors (Lipinski definition) is 3. The van der Waals surface area contributed by atoms with Crippen molar-refractivity contribution in [2.75, 3.05) is 13.7 Å². The zero-order valence-electron chi connectivity index (χ0n) is 11.3. The maximum absolute atomic E-state index is 10.9. The number of carboxylic acids is 1. The van der Waals surface area contributed by atoms with Gasteiger partial charge in [-0.05, 0) is 23.1 Å². The molecule has 4 heteroatoms. The lowest BCUT2D eigenvalue weighted by Gasteiger charge is -2.20. The predicted molar refractivity (Wildman–Crippen MR) is 69.1 cm³/mol. The minimum Gasteiger partial charge on any atom is -0.478 e. The van der Waals surface area contributed by atoms with Crippen molar-refractivity contribution >= 4 is 5.97 Å². The van der Waals surface area contributed by atoms with E-state index in [0.717, 1.165) is 0 Å². The fraction of sp³-hybridized carbons (Fsp3) is 0.500. The first-order valence-electron chi connectivity index (χ1n) is 5.83. The Morgan fingerprint density at radius 1 is 1.28 bits per heavy atom. The molecule has 0 aliphatic rings. The minimum absolute atomic E-state index is 0.0242. The van der Waals surface area contributed by atoms with Crippen molar-refractivity contribution in [2.45, 2.75) is 32.3 Å². The topological polar surface area (TPSA) is 55.8 Å². The van der Waals surface area contributed by atoms with Crippen LogP contribution >= 0.6 is 0 Å². The summed E-state index contributed by atoms with van der Waals surface area (Å²) in [4.78, 5) is 10.9. The summed E-state index contributed by atoms with van der Waals surface area (Å²) >= 11 is 0. The molecule has 0 amide bonds. The highest BCUT2D eigenvalue weighted by atomic mass is 16.5. The van der Waals surface area contributed by atoms with Crippen molar-refractivity contribution in [1.82, 2.24) is 0 Å². The van der Waals surface area contributed by atoms with Crippen LogP contribution in [0.3, 0.4) is 0 Å². The average molecular weight is 252 g/mol. The molecule has 0 aromatic heterocycles. The average Bonchev–Trinajstić information content (AvgIpc) is 2.28. The standard InChI is InChI=1S/C14H20O4/c1-14(2,3)10-5-7-11(8-6-10)18-12(9-17-4)13(15)16/h5-8,12H,9H2,1-4H3,(H,15,16). The summed E-state index contributed by atoms with van der Waals surface area (Å²) in [6.45, 7) is 6.38. The van der Waals surface area contributed by atoms with E-state index in [1.165, 1.54) is 12.7 Å². The van der Waals surface area contributed by atoms with E-state index < -0.39 is 12.1 Å². The Kier molecular flexibility index (Phi) is 4.73. The van der Waals surface area contributed by atoms with Gasteiger partial charge >= 0.3 is 5.97 Å². The largest absolute Gasteiger partial charge is 0.478 e. The Bertz CT molecular complexity index is 389. The van der Waals surface area contributed by atoms with Crippen LogP contribution in [0.25, 0.3) is 0 Å². The van der Waals surface area contributed by atoms with Gasteiger partial charge in [0.2, 0.25) is 6.10 Å². The number of methoxy groups -OCH3 is 1. The SMILES string of the molecule is COCC(Oc1ccc(C(C)(C)C)cc1)C(=O)O. The van der Waals surface area contributed by atoms with E-state index in [1.807, 2.05) is 12.1 Å². The lowest BCUT2D eigenvalue weighted by molar-refractivity contribution is -0.147. The predicted octanol–water partition coefficient (Wildman–Crippen LogP) is 2.46. The van der Waals surface area contributed by atoms with Crippen molar-refractivity contribution in [3.05, 3.63) is 29.8 Å². The first-order valence-corrected chi connectivity index (χ1v) is 5.83. The Morgan fingerprint density at radius 2 is 1.83 bits per heavy atom. The van der Waals surface area contributed by atoms with E-state index in [4.69, 9.17) is 14.6 Å². The van der Waals surface area contributed by atoms with Gasteiger partial charge in [0, 0.05) is 7.11 Å². The number of hydrogen-bond donors (Lipinski definition) is 1. The first-order chi connectivity index (χ1) is 8.34. The summed E-state index contributed by atoms with van der Waals surface area (Å²) in [6.07, 6.45) is -0.976. The number of ether oxygens (including phenoxy) is 2. The smallest absolute Gasteiger partial charge is 0.347 e. The zero-order valence-corrected chi connectivity index (χ0v) is 11.3. The third kappa shape index (κ3) is 4.04. The molecule has 0 fully saturated rings. The quantitative estimate of drug-likeness (QED) is 0.874. The van der Waals surface area contributed by atoms with Crippen molar-refractivity contribution in [2.24, 2.45) is 0 Å². The van der Waals surface area contributed by atoms with Gasteiger partial charge in [-0.25, -0.2) is 4.79 Å². The molecule has 100 valence electrons. The summed E-state index contributed by atoms with van der Waals surface area (Å²) in [5.41, 5.74) is 1.24. The second-order valence-electron chi connectivity index (χ2n) is 5.17. The van der Waals surface area contributed by atoms with Crippen LogP contribution in [0.15, 0.2) is 24.3 Å². The minimum atomic E-state index is -1.03. The maximum atomic E-state index is 10.9. The monoisotopic (exact) mass is 252 g/mol. The number of carbonyl (C=O) groups is 1. The lowest BCUT2D eigenvalue weighted by Crippen LogP contribution is -2.31. The van der Waals surface area contributed by atoms with E-state index in [0.29, 0.717) is 5.75 Å². The van der Waals surface area contributed by atoms with E-state index in [2.05, 4.69) is 20.8 Å². The van der Waals surface area contributed by atoms with E-state index in [1.54, 1.807) is 12.1 Å². The van der Waals surface area contributed by atoms with Crippen molar-refractivity contribution in [3.8, 4) is 5.75 Å². The summed E-state index contributed by atoms with van der Waals surface area (Å²) in [7, 11) is 1.45. The Morgan fingerprint density at radius 3 is 2.22 bits per heavy atom. The molecule has 0 saturated heterocycles. The molecule has 1 atom stereocenters. The third-order valence-corrected chi connectivity index (χ3v) is 2.59. The van der Waals surface area contributed by atoms with Gasteiger partial charge < -0.3 is 14.6 Å². The Balaban J connectivity index is 2.76. The maximum Gasteiger partial charge on any atom is 0.347 e. The summed E-state index contributed by atoms with van der Waals surface area (Å²) < 4.78 is 10.2. The van der Waals surface area contributed by atoms with Gasteiger partial charge in [-0.1, -0.05) is 32.9 Å². The highest BCUT2D eigenvalue weighted by Crippen LogP contribution is 2.24. The third-order valence-electron chi connectivity index (χ3n) is 2.59. The molecule has 0 bridgehead atoms. The molecule has 0 radical (unpaired) electrons. The second-order valence-corrected chi connectivity index (χ2v) is 5.17. The van der Waals surface area contributed by atoms with Crippen LogP contribution in [0.5, 0.6) is 5.75 Å². The molecule has 1 aromatic rings. The van der Waals surface area contributed by atoms with Gasteiger partial charge in [-0.3, -0.25) is 0 Å². The van der Waals surface area contributed by atoms with Gasteiger partial charge in [-0.15, -0.1) is 0 Å². The highest BCUT2D eigenvalue weighted by molar-refractivity contribution is 5.72. The van der Waals surface area contributed by atoms with Gasteiger partial charge in [0.05, 0.1) is 6.61 Å². The fourth-order valence-electron chi connectivity index (χ4n) is 1.50.